The molecule has 1 aromatic rings. The fourth-order valence-corrected chi connectivity index (χ4v) is 4.00. The summed E-state index contributed by atoms with van der Waals surface area (Å²) >= 11 is 0. The molecule has 2 unspecified atom stereocenters. The van der Waals surface area contributed by atoms with E-state index in [0.717, 1.165) is 24.0 Å². The predicted molar refractivity (Wildman–Crippen MR) is 81.0 cm³/mol. The normalized spacial score (nSPS) is 31.9. The van der Waals surface area contributed by atoms with Gasteiger partial charge < -0.3 is 5.11 Å². The first kappa shape index (κ1) is 14.1. The van der Waals surface area contributed by atoms with Crippen LogP contribution in [-0.4, -0.2) is 16.9 Å². The number of hydrogen-bond acceptors (Lipinski definition) is 2. The van der Waals surface area contributed by atoms with Crippen molar-refractivity contribution in [2.24, 2.45) is 16.7 Å². The molecule has 0 aliphatic heterocycles. The summed E-state index contributed by atoms with van der Waals surface area (Å²) in [5.41, 5.74) is 1.84. The zero-order valence-corrected chi connectivity index (χ0v) is 12.6. The van der Waals surface area contributed by atoms with E-state index in [-0.39, 0.29) is 22.2 Å². The molecule has 0 amide bonds. The maximum Gasteiger partial charge on any atom is 0.335 e. The molecule has 2 aliphatic rings. The van der Waals surface area contributed by atoms with Gasteiger partial charge in [-0.05, 0) is 53.5 Å². The van der Waals surface area contributed by atoms with E-state index in [1.807, 2.05) is 6.08 Å². The number of fused-ring (bicyclic) bond motifs is 2. The molecule has 0 radical (unpaired) electrons. The van der Waals surface area contributed by atoms with Gasteiger partial charge in [0.05, 0.1) is 5.56 Å². The summed E-state index contributed by atoms with van der Waals surface area (Å²) in [5, 5.41) is 8.92. The Morgan fingerprint density at radius 1 is 1.24 bits per heavy atom. The highest BCUT2D eigenvalue weighted by atomic mass is 16.4. The molecule has 3 rings (SSSR count). The van der Waals surface area contributed by atoms with Crippen LogP contribution >= 0.6 is 0 Å². The monoisotopic (exact) mass is 284 g/mol. The zero-order chi connectivity index (χ0) is 15.4. The predicted octanol–water partition coefficient (Wildman–Crippen LogP) is 3.79. The Labute approximate surface area is 124 Å². The molecule has 1 aromatic carbocycles. The van der Waals surface area contributed by atoms with E-state index in [9.17, 15) is 9.59 Å². The Morgan fingerprint density at radius 3 is 2.33 bits per heavy atom. The molecule has 2 bridgehead atoms. The minimum atomic E-state index is -0.932. The first-order valence-corrected chi connectivity index (χ1v) is 7.37. The first-order chi connectivity index (χ1) is 9.77. The number of allylic oxidation sites excluding steroid dienone is 1. The Bertz CT molecular complexity index is 652. The summed E-state index contributed by atoms with van der Waals surface area (Å²) in [6.07, 6.45) is 3.98. The zero-order valence-electron chi connectivity index (χ0n) is 12.6. The Morgan fingerprint density at radius 2 is 1.86 bits per heavy atom. The largest absolute Gasteiger partial charge is 0.478 e. The maximum atomic E-state index is 12.7. The fraction of sp³-hybridized carbons (Fsp3) is 0.444. The number of carboxylic acid groups (broad SMARTS) is 1. The molecule has 110 valence electrons. The van der Waals surface area contributed by atoms with Gasteiger partial charge in [0.2, 0.25) is 0 Å². The van der Waals surface area contributed by atoms with Crippen molar-refractivity contribution in [1.82, 2.24) is 0 Å². The molecular formula is C18H20O3. The van der Waals surface area contributed by atoms with Gasteiger partial charge in [-0.15, -0.1) is 0 Å². The molecule has 2 aliphatic carbocycles. The van der Waals surface area contributed by atoms with Crippen molar-refractivity contribution in [3.63, 3.8) is 0 Å². The summed E-state index contributed by atoms with van der Waals surface area (Å²) < 4.78 is 0. The number of ketones is 1. The van der Waals surface area contributed by atoms with Crippen LogP contribution in [0.25, 0.3) is 6.08 Å². The van der Waals surface area contributed by atoms with Crippen LogP contribution < -0.4 is 0 Å². The Kier molecular flexibility index (Phi) is 2.88. The number of rotatable bonds is 2. The van der Waals surface area contributed by atoms with Crippen LogP contribution in [0, 0.1) is 16.7 Å². The average Bonchev–Trinajstić information content (AvgIpc) is 2.74. The van der Waals surface area contributed by atoms with Crippen LogP contribution in [0.5, 0.6) is 0 Å². The van der Waals surface area contributed by atoms with Crippen LogP contribution in [0.4, 0.5) is 0 Å². The highest BCUT2D eigenvalue weighted by molar-refractivity contribution is 6.08. The van der Waals surface area contributed by atoms with Crippen molar-refractivity contribution >= 4 is 17.8 Å². The second-order valence-corrected chi connectivity index (χ2v) is 7.00. The molecule has 21 heavy (non-hydrogen) atoms. The third-order valence-corrected chi connectivity index (χ3v) is 5.84. The molecule has 0 heterocycles. The summed E-state index contributed by atoms with van der Waals surface area (Å²) in [7, 11) is 0. The fourth-order valence-electron chi connectivity index (χ4n) is 4.00. The molecule has 3 heteroatoms. The summed E-state index contributed by atoms with van der Waals surface area (Å²) in [4.78, 5) is 23.6. The van der Waals surface area contributed by atoms with Gasteiger partial charge in [-0.1, -0.05) is 32.9 Å². The van der Waals surface area contributed by atoms with E-state index in [2.05, 4.69) is 20.8 Å². The molecular weight excluding hydrogens is 264 g/mol. The van der Waals surface area contributed by atoms with E-state index in [1.54, 1.807) is 24.3 Å². The lowest BCUT2D eigenvalue weighted by atomic mass is 9.70. The third-order valence-electron chi connectivity index (χ3n) is 5.84. The van der Waals surface area contributed by atoms with Gasteiger partial charge in [0.15, 0.2) is 5.78 Å². The van der Waals surface area contributed by atoms with Crippen molar-refractivity contribution in [1.29, 1.82) is 0 Å². The van der Waals surface area contributed by atoms with Crippen molar-refractivity contribution < 1.29 is 14.7 Å². The molecule has 3 nitrogen and oxygen atoms in total. The molecule has 1 N–H and O–H groups in total. The van der Waals surface area contributed by atoms with Gasteiger partial charge in [0.25, 0.3) is 0 Å². The lowest BCUT2D eigenvalue weighted by Crippen LogP contribution is -2.32. The highest BCUT2D eigenvalue weighted by Crippen LogP contribution is 2.65. The van der Waals surface area contributed by atoms with Gasteiger partial charge in [0, 0.05) is 5.41 Å². The minimum Gasteiger partial charge on any atom is -0.478 e. The number of Topliss-reactive ketones (excluding diaryl/α,β-unsaturated/α-hetero) is 1. The molecule has 0 saturated heterocycles. The van der Waals surface area contributed by atoms with Gasteiger partial charge in [-0.25, -0.2) is 4.79 Å². The number of hydrogen-bond donors (Lipinski definition) is 1. The number of aromatic carboxylic acids is 1. The van der Waals surface area contributed by atoms with Crippen LogP contribution in [-0.2, 0) is 4.79 Å². The van der Waals surface area contributed by atoms with Gasteiger partial charge in [-0.2, -0.15) is 0 Å². The molecule has 2 atom stereocenters. The second-order valence-electron chi connectivity index (χ2n) is 7.00. The Hall–Kier alpha value is -1.90. The van der Waals surface area contributed by atoms with E-state index in [4.69, 9.17) is 5.11 Å². The molecule has 0 aromatic heterocycles. The SMILES string of the molecule is CC12CCC(/C(=C\c3ccc(C(=O)O)cc3)C1=O)C2(C)C. The Balaban J connectivity index is 1.98. The second kappa shape index (κ2) is 4.30. The third kappa shape index (κ3) is 1.80. The van der Waals surface area contributed by atoms with Crippen LogP contribution in [0.1, 0.15) is 49.5 Å². The average molecular weight is 284 g/mol. The van der Waals surface area contributed by atoms with E-state index in [1.165, 1.54) is 0 Å². The van der Waals surface area contributed by atoms with Gasteiger partial charge in [-0.3, -0.25) is 4.79 Å². The van der Waals surface area contributed by atoms with Crippen LogP contribution in [0.2, 0.25) is 0 Å². The first-order valence-electron chi connectivity index (χ1n) is 7.37. The van der Waals surface area contributed by atoms with Crippen molar-refractivity contribution in [2.75, 3.05) is 0 Å². The lowest BCUT2D eigenvalue weighted by molar-refractivity contribution is -0.125. The molecule has 0 spiro atoms. The summed E-state index contributed by atoms with van der Waals surface area (Å²) in [5.74, 6) is -0.348. The van der Waals surface area contributed by atoms with Gasteiger partial charge >= 0.3 is 5.97 Å². The standard InChI is InChI=1S/C18H20O3/c1-17(2)14-8-9-18(17,3)15(19)13(14)10-11-4-6-12(7-5-11)16(20)21/h4-7,10,14H,8-9H2,1-3H3,(H,20,21)/b13-10+. The van der Waals surface area contributed by atoms with E-state index in [0.29, 0.717) is 5.92 Å². The topological polar surface area (TPSA) is 54.4 Å². The van der Waals surface area contributed by atoms with Crippen LogP contribution in [0.15, 0.2) is 29.8 Å². The van der Waals surface area contributed by atoms with Crippen LogP contribution in [0.3, 0.4) is 0 Å². The molecule has 2 fully saturated rings. The molecule has 2 saturated carbocycles. The maximum absolute atomic E-state index is 12.7. The van der Waals surface area contributed by atoms with Crippen molar-refractivity contribution in [2.45, 2.75) is 33.6 Å². The number of carbonyl (C=O) groups is 2. The number of carboxylic acids is 1. The minimum absolute atomic E-state index is 0.0108. The number of carbonyl (C=O) groups excluding carboxylic acids is 1. The number of benzene rings is 1. The van der Waals surface area contributed by atoms with E-state index >= 15 is 0 Å². The quantitative estimate of drug-likeness (QED) is 0.840. The summed E-state index contributed by atoms with van der Waals surface area (Å²) in [6, 6.07) is 6.70. The lowest BCUT2D eigenvalue weighted by Gasteiger charge is -2.31. The smallest absolute Gasteiger partial charge is 0.335 e. The van der Waals surface area contributed by atoms with E-state index < -0.39 is 5.97 Å². The van der Waals surface area contributed by atoms with Crippen molar-refractivity contribution in [3.8, 4) is 0 Å². The summed E-state index contributed by atoms with van der Waals surface area (Å²) in [6.45, 7) is 6.47. The van der Waals surface area contributed by atoms with Crippen molar-refractivity contribution in [3.05, 3.63) is 41.0 Å². The highest BCUT2D eigenvalue weighted by Gasteiger charge is 2.63. The van der Waals surface area contributed by atoms with Gasteiger partial charge in [0.1, 0.15) is 0 Å².